The van der Waals surface area contributed by atoms with Gasteiger partial charge in [0, 0.05) is 13.1 Å². The fourth-order valence-electron chi connectivity index (χ4n) is 2.97. The molecule has 0 fully saturated rings. The quantitative estimate of drug-likeness (QED) is 0.794. The number of anilines is 1. The first kappa shape index (κ1) is 17.6. The summed E-state index contributed by atoms with van der Waals surface area (Å²) in [5, 5.41) is 0. The van der Waals surface area contributed by atoms with Crippen LogP contribution in [-0.2, 0) is 4.79 Å². The van der Waals surface area contributed by atoms with Gasteiger partial charge < -0.3 is 10.6 Å². The highest BCUT2D eigenvalue weighted by Gasteiger charge is 2.39. The van der Waals surface area contributed by atoms with Crippen molar-refractivity contribution in [2.45, 2.75) is 46.5 Å². The van der Waals surface area contributed by atoms with Gasteiger partial charge in [-0.3, -0.25) is 4.79 Å². The Labute approximate surface area is 127 Å². The third kappa shape index (κ3) is 3.82. The van der Waals surface area contributed by atoms with Crippen LogP contribution in [0, 0.1) is 11.2 Å². The lowest BCUT2D eigenvalue weighted by Crippen LogP contribution is -2.48. The summed E-state index contributed by atoms with van der Waals surface area (Å²) in [4.78, 5) is 14.6. The van der Waals surface area contributed by atoms with Crippen LogP contribution in [0.25, 0.3) is 0 Å². The van der Waals surface area contributed by atoms with Crippen LogP contribution in [0.4, 0.5) is 10.1 Å². The van der Waals surface area contributed by atoms with Crippen molar-refractivity contribution in [3.8, 4) is 0 Å². The summed E-state index contributed by atoms with van der Waals surface area (Å²) in [6.07, 6.45) is 3.25. The molecule has 3 nitrogen and oxygen atoms in total. The minimum absolute atomic E-state index is 0.0544. The molecule has 1 aromatic carbocycles. The van der Waals surface area contributed by atoms with Crippen LogP contribution < -0.4 is 10.6 Å². The smallest absolute Gasteiger partial charge is 0.234 e. The van der Waals surface area contributed by atoms with Crippen molar-refractivity contribution >= 4 is 11.6 Å². The number of nitrogens with two attached hydrogens (primary N) is 1. The third-order valence-corrected chi connectivity index (χ3v) is 4.01. The monoisotopic (exact) mass is 294 g/mol. The van der Waals surface area contributed by atoms with Crippen LogP contribution in [0.15, 0.2) is 24.3 Å². The lowest BCUT2D eigenvalue weighted by molar-refractivity contribution is -0.128. The summed E-state index contributed by atoms with van der Waals surface area (Å²) in [7, 11) is 0. The van der Waals surface area contributed by atoms with E-state index in [1.165, 1.54) is 11.0 Å². The first-order chi connectivity index (χ1) is 10.1. The minimum atomic E-state index is -0.582. The summed E-state index contributed by atoms with van der Waals surface area (Å²) in [5.74, 6) is -0.423. The lowest BCUT2D eigenvalue weighted by atomic mass is 9.77. The van der Waals surface area contributed by atoms with Gasteiger partial charge in [-0.2, -0.15) is 0 Å². The van der Waals surface area contributed by atoms with Crippen molar-refractivity contribution in [3.05, 3.63) is 30.1 Å². The number of halogens is 1. The molecule has 0 heterocycles. The number of benzene rings is 1. The van der Waals surface area contributed by atoms with E-state index >= 15 is 0 Å². The number of nitrogens with zero attached hydrogens (tertiary/aromatic N) is 1. The van der Waals surface area contributed by atoms with Gasteiger partial charge in [-0.1, -0.05) is 38.8 Å². The molecule has 0 saturated heterocycles. The molecular weight excluding hydrogens is 267 g/mol. The van der Waals surface area contributed by atoms with E-state index in [-0.39, 0.29) is 11.7 Å². The predicted molar refractivity (Wildman–Crippen MR) is 85.7 cm³/mol. The number of para-hydroxylation sites is 1. The summed E-state index contributed by atoms with van der Waals surface area (Å²) >= 11 is 0. The van der Waals surface area contributed by atoms with E-state index in [0.29, 0.717) is 18.8 Å². The van der Waals surface area contributed by atoms with Crippen LogP contribution in [0.5, 0.6) is 0 Å². The lowest BCUT2D eigenvalue weighted by Gasteiger charge is -2.36. The molecule has 0 unspecified atom stereocenters. The Morgan fingerprint density at radius 2 is 1.76 bits per heavy atom. The highest BCUT2D eigenvalue weighted by atomic mass is 19.1. The summed E-state index contributed by atoms with van der Waals surface area (Å²) in [6, 6.07) is 6.41. The van der Waals surface area contributed by atoms with Gasteiger partial charge in [-0.15, -0.1) is 0 Å². The average molecular weight is 294 g/mol. The molecule has 0 aliphatic heterocycles. The van der Waals surface area contributed by atoms with Gasteiger partial charge in [-0.05, 0) is 31.9 Å². The molecular formula is C17H27FN2O. The molecule has 1 amide bonds. The Morgan fingerprint density at radius 3 is 2.19 bits per heavy atom. The van der Waals surface area contributed by atoms with Crippen LogP contribution in [-0.4, -0.2) is 19.0 Å². The summed E-state index contributed by atoms with van der Waals surface area (Å²) < 4.78 is 14.0. The first-order valence-electron chi connectivity index (χ1n) is 7.82. The van der Waals surface area contributed by atoms with Crippen LogP contribution in [0.3, 0.4) is 0 Å². The second kappa shape index (κ2) is 8.13. The Kier molecular flexibility index (Phi) is 6.82. The second-order valence-corrected chi connectivity index (χ2v) is 5.49. The van der Waals surface area contributed by atoms with E-state index < -0.39 is 5.41 Å². The van der Waals surface area contributed by atoms with Gasteiger partial charge in [0.2, 0.25) is 5.91 Å². The van der Waals surface area contributed by atoms with E-state index in [9.17, 15) is 9.18 Å². The van der Waals surface area contributed by atoms with Crippen molar-refractivity contribution in [3.63, 3.8) is 0 Å². The molecule has 1 rings (SSSR count). The Morgan fingerprint density at radius 1 is 1.19 bits per heavy atom. The van der Waals surface area contributed by atoms with Crippen molar-refractivity contribution in [1.82, 2.24) is 0 Å². The number of rotatable bonds is 8. The van der Waals surface area contributed by atoms with Gasteiger partial charge in [0.1, 0.15) is 5.82 Å². The number of hydrogen-bond acceptors (Lipinski definition) is 2. The standard InChI is InChI=1S/C17H27FN2O/c1-4-11-17(13-19,12-5-2)16(21)20(6-3)15-10-8-7-9-14(15)18/h7-10H,4-6,11-13,19H2,1-3H3. The molecule has 0 bridgehead atoms. The first-order valence-corrected chi connectivity index (χ1v) is 7.82. The molecule has 4 heteroatoms. The highest BCUT2D eigenvalue weighted by Crippen LogP contribution is 2.33. The zero-order valence-corrected chi connectivity index (χ0v) is 13.4. The maximum Gasteiger partial charge on any atom is 0.234 e. The molecule has 0 aromatic heterocycles. The Bertz CT molecular complexity index is 456. The van der Waals surface area contributed by atoms with Crippen molar-refractivity contribution in [2.24, 2.45) is 11.1 Å². The molecule has 2 N–H and O–H groups in total. The predicted octanol–water partition coefficient (Wildman–Crippen LogP) is 3.72. The van der Waals surface area contributed by atoms with Crippen LogP contribution >= 0.6 is 0 Å². The maximum atomic E-state index is 14.0. The van der Waals surface area contributed by atoms with Gasteiger partial charge in [0.15, 0.2) is 0 Å². The molecule has 0 atom stereocenters. The zero-order valence-electron chi connectivity index (χ0n) is 13.4. The highest BCUT2D eigenvalue weighted by molar-refractivity contribution is 5.97. The van der Waals surface area contributed by atoms with E-state index in [1.54, 1.807) is 18.2 Å². The van der Waals surface area contributed by atoms with Gasteiger partial charge in [0.25, 0.3) is 0 Å². The summed E-state index contributed by atoms with van der Waals surface area (Å²) in [5.41, 5.74) is 5.71. The maximum absolute atomic E-state index is 14.0. The van der Waals surface area contributed by atoms with Crippen molar-refractivity contribution in [2.75, 3.05) is 18.0 Å². The molecule has 21 heavy (non-hydrogen) atoms. The van der Waals surface area contributed by atoms with E-state index in [0.717, 1.165) is 25.7 Å². The fourth-order valence-corrected chi connectivity index (χ4v) is 2.97. The van der Waals surface area contributed by atoms with Gasteiger partial charge in [0.05, 0.1) is 11.1 Å². The normalized spacial score (nSPS) is 11.5. The number of hydrogen-bond donors (Lipinski definition) is 1. The van der Waals surface area contributed by atoms with E-state index in [4.69, 9.17) is 5.73 Å². The van der Waals surface area contributed by atoms with E-state index in [2.05, 4.69) is 0 Å². The SMILES string of the molecule is CCCC(CN)(CCC)C(=O)N(CC)c1ccccc1F. The molecule has 0 radical (unpaired) electrons. The third-order valence-electron chi connectivity index (χ3n) is 4.01. The molecule has 0 spiro atoms. The molecule has 0 saturated carbocycles. The Hall–Kier alpha value is -1.42. The zero-order chi connectivity index (χ0) is 15.9. The minimum Gasteiger partial charge on any atom is -0.329 e. The number of carbonyl (C=O) groups excluding carboxylic acids is 1. The second-order valence-electron chi connectivity index (χ2n) is 5.49. The molecule has 0 aliphatic rings. The molecule has 0 aliphatic carbocycles. The summed E-state index contributed by atoms with van der Waals surface area (Å²) in [6.45, 7) is 6.70. The van der Waals surface area contributed by atoms with E-state index in [1.807, 2.05) is 20.8 Å². The van der Waals surface area contributed by atoms with Gasteiger partial charge in [-0.25, -0.2) is 4.39 Å². The fraction of sp³-hybridized carbons (Fsp3) is 0.588. The van der Waals surface area contributed by atoms with Gasteiger partial charge >= 0.3 is 0 Å². The largest absolute Gasteiger partial charge is 0.329 e. The molecule has 118 valence electrons. The average Bonchev–Trinajstić information content (AvgIpc) is 2.49. The molecule has 1 aromatic rings. The van der Waals surface area contributed by atoms with Crippen molar-refractivity contribution < 1.29 is 9.18 Å². The topological polar surface area (TPSA) is 46.3 Å². The van der Waals surface area contributed by atoms with Crippen LogP contribution in [0.1, 0.15) is 46.5 Å². The number of carbonyl (C=O) groups is 1. The number of amides is 1. The van der Waals surface area contributed by atoms with Crippen molar-refractivity contribution in [1.29, 1.82) is 0 Å². The Balaban J connectivity index is 3.18. The van der Waals surface area contributed by atoms with Crippen LogP contribution in [0.2, 0.25) is 0 Å².